The third kappa shape index (κ3) is 4.42. The van der Waals surface area contributed by atoms with Crippen LogP contribution in [0.3, 0.4) is 0 Å². The quantitative estimate of drug-likeness (QED) is 0.941. The van der Waals surface area contributed by atoms with Gasteiger partial charge in [0, 0.05) is 12.2 Å². The molecule has 0 aliphatic carbocycles. The summed E-state index contributed by atoms with van der Waals surface area (Å²) in [6.45, 7) is 1.89. The molecule has 7 heteroatoms. The fraction of sp³-hybridized carbons (Fsp3) is 0.286. The van der Waals surface area contributed by atoms with Gasteiger partial charge in [0.05, 0.1) is 0 Å². The Hall–Kier alpha value is -2.15. The molecular weight excluding hydrogens is 283 g/mol. The largest absolute Gasteiger partial charge is 0.433 e. The minimum absolute atomic E-state index is 0.0311. The zero-order valence-electron chi connectivity index (χ0n) is 11.3. The molecule has 0 spiro atoms. The van der Waals surface area contributed by atoms with Crippen LogP contribution in [0, 0.1) is 0 Å². The van der Waals surface area contributed by atoms with Gasteiger partial charge in [-0.3, -0.25) is 0 Å². The summed E-state index contributed by atoms with van der Waals surface area (Å²) < 4.78 is 42.8. The van der Waals surface area contributed by atoms with Gasteiger partial charge >= 0.3 is 12.2 Å². The zero-order valence-corrected chi connectivity index (χ0v) is 11.3. The Morgan fingerprint density at radius 2 is 1.86 bits per heavy atom. The van der Waals surface area contributed by atoms with E-state index in [0.717, 1.165) is 17.8 Å². The van der Waals surface area contributed by atoms with Gasteiger partial charge in [0.25, 0.3) is 0 Å². The van der Waals surface area contributed by atoms with Gasteiger partial charge in [-0.2, -0.15) is 18.2 Å². The van der Waals surface area contributed by atoms with Gasteiger partial charge in [0.15, 0.2) is 5.69 Å². The van der Waals surface area contributed by atoms with Gasteiger partial charge in [-0.25, -0.2) is 4.98 Å². The van der Waals surface area contributed by atoms with E-state index in [4.69, 9.17) is 10.5 Å². The Balaban J connectivity index is 2.11. The summed E-state index contributed by atoms with van der Waals surface area (Å²) >= 11 is 0. The zero-order chi connectivity index (χ0) is 15.5. The van der Waals surface area contributed by atoms with Crippen molar-refractivity contribution in [2.75, 3.05) is 0 Å². The average Bonchev–Trinajstić information content (AvgIpc) is 2.40. The van der Waals surface area contributed by atoms with Gasteiger partial charge in [-0.05, 0) is 37.1 Å². The summed E-state index contributed by atoms with van der Waals surface area (Å²) in [5.74, 6) is 0.364. The summed E-state index contributed by atoms with van der Waals surface area (Å²) in [5, 5.41) is 0. The van der Waals surface area contributed by atoms with E-state index in [2.05, 4.69) is 9.97 Å². The van der Waals surface area contributed by atoms with Crippen molar-refractivity contribution in [3.8, 4) is 11.8 Å². The van der Waals surface area contributed by atoms with E-state index in [1.807, 2.05) is 6.92 Å². The number of hydrogen-bond donors (Lipinski definition) is 1. The molecule has 0 saturated heterocycles. The summed E-state index contributed by atoms with van der Waals surface area (Å²) in [5.41, 5.74) is 5.66. The van der Waals surface area contributed by atoms with E-state index in [1.165, 1.54) is 0 Å². The summed E-state index contributed by atoms with van der Waals surface area (Å²) in [6.07, 6.45) is -2.81. The first kappa shape index (κ1) is 15.2. The van der Waals surface area contributed by atoms with Crippen LogP contribution in [0.25, 0.3) is 0 Å². The lowest BCUT2D eigenvalue weighted by Crippen LogP contribution is -2.17. The van der Waals surface area contributed by atoms with Crippen molar-refractivity contribution < 1.29 is 17.9 Å². The molecule has 2 rings (SSSR count). The molecule has 0 saturated carbocycles. The second-order valence-electron chi connectivity index (χ2n) is 4.65. The topological polar surface area (TPSA) is 61.0 Å². The molecule has 0 radical (unpaired) electrons. The first-order chi connectivity index (χ1) is 9.84. The minimum Gasteiger partial charge on any atom is -0.424 e. The van der Waals surface area contributed by atoms with Crippen molar-refractivity contribution in [2.45, 2.75) is 25.6 Å². The molecule has 1 atom stereocenters. The third-order valence-corrected chi connectivity index (χ3v) is 2.61. The molecule has 0 fully saturated rings. The van der Waals surface area contributed by atoms with Crippen molar-refractivity contribution in [1.29, 1.82) is 0 Å². The number of halogens is 3. The van der Waals surface area contributed by atoms with Crippen LogP contribution < -0.4 is 10.5 Å². The predicted octanol–water partition coefficient (Wildman–Crippen LogP) is 3.18. The lowest BCUT2D eigenvalue weighted by Gasteiger charge is -2.09. The van der Waals surface area contributed by atoms with E-state index in [0.29, 0.717) is 12.2 Å². The Bertz CT molecular complexity index is 597. The Morgan fingerprint density at radius 1 is 1.19 bits per heavy atom. The highest BCUT2D eigenvalue weighted by molar-refractivity contribution is 5.29. The summed E-state index contributed by atoms with van der Waals surface area (Å²) in [4.78, 5) is 7.00. The second-order valence-corrected chi connectivity index (χ2v) is 4.65. The van der Waals surface area contributed by atoms with Crippen LogP contribution >= 0.6 is 0 Å². The maximum atomic E-state index is 12.5. The molecule has 21 heavy (non-hydrogen) atoms. The van der Waals surface area contributed by atoms with Crippen LogP contribution in [0.1, 0.15) is 18.2 Å². The van der Waals surface area contributed by atoms with Gasteiger partial charge in [0.2, 0.25) is 0 Å². The van der Waals surface area contributed by atoms with Crippen molar-refractivity contribution in [1.82, 2.24) is 9.97 Å². The highest BCUT2D eigenvalue weighted by Crippen LogP contribution is 2.28. The van der Waals surface area contributed by atoms with Crippen molar-refractivity contribution in [2.24, 2.45) is 5.73 Å². The monoisotopic (exact) mass is 297 g/mol. The Kier molecular flexibility index (Phi) is 4.42. The lowest BCUT2D eigenvalue weighted by molar-refractivity contribution is -0.141. The SMILES string of the molecule is CC(N)Cc1ccc(Oc2nccc(C(F)(F)F)n2)cc1. The predicted molar refractivity (Wildman–Crippen MR) is 70.9 cm³/mol. The van der Waals surface area contributed by atoms with Gasteiger partial charge in [-0.1, -0.05) is 12.1 Å². The lowest BCUT2D eigenvalue weighted by atomic mass is 10.1. The molecule has 0 aliphatic heterocycles. The van der Waals surface area contributed by atoms with E-state index < -0.39 is 11.9 Å². The number of ether oxygens (including phenoxy) is 1. The molecule has 1 aromatic heterocycles. The second kappa shape index (κ2) is 6.09. The Morgan fingerprint density at radius 3 is 2.43 bits per heavy atom. The maximum absolute atomic E-state index is 12.5. The number of nitrogens with zero attached hydrogens (tertiary/aromatic N) is 2. The smallest absolute Gasteiger partial charge is 0.424 e. The van der Waals surface area contributed by atoms with Crippen molar-refractivity contribution in [3.63, 3.8) is 0 Å². The number of benzene rings is 1. The van der Waals surface area contributed by atoms with E-state index in [-0.39, 0.29) is 12.1 Å². The van der Waals surface area contributed by atoms with Crippen LogP contribution in [0.15, 0.2) is 36.5 Å². The van der Waals surface area contributed by atoms with Gasteiger partial charge in [-0.15, -0.1) is 0 Å². The van der Waals surface area contributed by atoms with Crippen LogP contribution in [0.4, 0.5) is 13.2 Å². The molecule has 0 aliphatic rings. The van der Waals surface area contributed by atoms with E-state index in [9.17, 15) is 13.2 Å². The molecule has 2 aromatic rings. The van der Waals surface area contributed by atoms with Crippen LogP contribution in [-0.4, -0.2) is 16.0 Å². The van der Waals surface area contributed by atoms with E-state index in [1.54, 1.807) is 24.3 Å². The van der Waals surface area contributed by atoms with Gasteiger partial charge in [0.1, 0.15) is 5.75 Å². The Labute approximate surface area is 119 Å². The third-order valence-electron chi connectivity index (χ3n) is 2.61. The van der Waals surface area contributed by atoms with Crippen LogP contribution in [0.5, 0.6) is 11.8 Å². The molecule has 0 bridgehead atoms. The van der Waals surface area contributed by atoms with Crippen LogP contribution in [0.2, 0.25) is 0 Å². The molecular formula is C14H14F3N3O. The molecule has 4 nitrogen and oxygen atoms in total. The number of alkyl halides is 3. The molecule has 112 valence electrons. The van der Waals surface area contributed by atoms with Gasteiger partial charge < -0.3 is 10.5 Å². The maximum Gasteiger partial charge on any atom is 0.433 e. The molecule has 1 aromatic carbocycles. The van der Waals surface area contributed by atoms with Crippen molar-refractivity contribution in [3.05, 3.63) is 47.8 Å². The fourth-order valence-electron chi connectivity index (χ4n) is 1.72. The molecule has 1 heterocycles. The van der Waals surface area contributed by atoms with E-state index >= 15 is 0 Å². The molecule has 0 amide bonds. The fourth-order valence-corrected chi connectivity index (χ4v) is 1.72. The summed E-state index contributed by atoms with van der Waals surface area (Å²) in [6, 6.07) is 7.35. The average molecular weight is 297 g/mol. The minimum atomic E-state index is -4.53. The first-order valence-electron chi connectivity index (χ1n) is 6.27. The number of nitrogens with two attached hydrogens (primary N) is 1. The number of rotatable bonds is 4. The number of hydrogen-bond acceptors (Lipinski definition) is 4. The number of aromatic nitrogens is 2. The molecule has 1 unspecified atom stereocenters. The highest BCUT2D eigenvalue weighted by Gasteiger charge is 2.33. The first-order valence-corrected chi connectivity index (χ1v) is 6.27. The van der Waals surface area contributed by atoms with Crippen LogP contribution in [-0.2, 0) is 12.6 Å². The standard InChI is InChI=1S/C14H14F3N3O/c1-9(18)8-10-2-4-11(5-3-10)21-13-19-7-6-12(20-13)14(15,16)17/h2-7,9H,8,18H2,1H3. The molecule has 2 N–H and O–H groups in total. The normalized spacial score (nSPS) is 13.0. The summed E-state index contributed by atoms with van der Waals surface area (Å²) in [7, 11) is 0. The highest BCUT2D eigenvalue weighted by atomic mass is 19.4. The van der Waals surface area contributed by atoms with Crippen molar-refractivity contribution >= 4 is 0 Å².